The standard InChI is InChI=1S/C13H21N3O3S/c1-5-10(12(17)18)6-14-13(19)16-8(3)11-7(2)15-9(4)20-11/h8,10H,5-6H2,1-4H3,(H,17,18)(H2,14,16,19). The minimum absolute atomic E-state index is 0.130. The van der Waals surface area contributed by atoms with Crippen molar-refractivity contribution in [2.75, 3.05) is 6.54 Å². The first-order chi connectivity index (χ1) is 9.35. The van der Waals surface area contributed by atoms with Gasteiger partial charge in [0.1, 0.15) is 0 Å². The third kappa shape index (κ3) is 4.48. The van der Waals surface area contributed by atoms with Crippen molar-refractivity contribution in [1.29, 1.82) is 0 Å². The maximum atomic E-state index is 11.8. The Balaban J connectivity index is 2.50. The first-order valence-corrected chi connectivity index (χ1v) is 7.37. The summed E-state index contributed by atoms with van der Waals surface area (Å²) in [6, 6.07) is -0.506. The molecule has 0 fully saturated rings. The van der Waals surface area contributed by atoms with Crippen LogP contribution < -0.4 is 10.6 Å². The number of aliphatic carboxylic acids is 1. The van der Waals surface area contributed by atoms with Crippen LogP contribution in [0, 0.1) is 19.8 Å². The summed E-state index contributed by atoms with van der Waals surface area (Å²) >= 11 is 1.55. The number of carboxylic acid groups (broad SMARTS) is 1. The maximum Gasteiger partial charge on any atom is 0.315 e. The summed E-state index contributed by atoms with van der Waals surface area (Å²) in [6.07, 6.45) is 0.484. The molecule has 2 unspecified atom stereocenters. The highest BCUT2D eigenvalue weighted by atomic mass is 32.1. The van der Waals surface area contributed by atoms with Crippen molar-refractivity contribution in [2.24, 2.45) is 5.92 Å². The molecule has 0 aliphatic carbocycles. The minimum atomic E-state index is -0.894. The number of aromatic nitrogens is 1. The van der Waals surface area contributed by atoms with E-state index >= 15 is 0 Å². The number of carbonyl (C=O) groups is 2. The Kier molecular flexibility index (Phi) is 5.94. The molecule has 1 heterocycles. The SMILES string of the molecule is CCC(CNC(=O)NC(C)c1sc(C)nc1C)C(=O)O. The molecule has 0 aliphatic rings. The number of thiazole rings is 1. The van der Waals surface area contributed by atoms with Crippen molar-refractivity contribution in [3.05, 3.63) is 15.6 Å². The van der Waals surface area contributed by atoms with Crippen molar-refractivity contribution in [2.45, 2.75) is 40.2 Å². The molecule has 2 amide bonds. The summed E-state index contributed by atoms with van der Waals surface area (Å²) in [5.41, 5.74) is 0.914. The van der Waals surface area contributed by atoms with Gasteiger partial charge >= 0.3 is 12.0 Å². The van der Waals surface area contributed by atoms with Gasteiger partial charge < -0.3 is 15.7 Å². The van der Waals surface area contributed by atoms with Crippen LogP contribution in [0.25, 0.3) is 0 Å². The Hall–Kier alpha value is -1.63. The molecule has 0 aliphatic heterocycles. The van der Waals surface area contributed by atoms with Crippen LogP contribution in [0.5, 0.6) is 0 Å². The lowest BCUT2D eigenvalue weighted by atomic mass is 10.1. The van der Waals surface area contributed by atoms with Gasteiger partial charge in [-0.3, -0.25) is 4.79 Å². The Labute approximate surface area is 122 Å². The van der Waals surface area contributed by atoms with Crippen molar-refractivity contribution in [3.8, 4) is 0 Å². The van der Waals surface area contributed by atoms with Crippen LogP contribution >= 0.6 is 11.3 Å². The predicted molar refractivity (Wildman–Crippen MR) is 78.0 cm³/mol. The fraction of sp³-hybridized carbons (Fsp3) is 0.615. The summed E-state index contributed by atoms with van der Waals surface area (Å²) in [5.74, 6) is -1.45. The number of hydrogen-bond acceptors (Lipinski definition) is 4. The molecule has 0 saturated carbocycles. The number of urea groups is 1. The van der Waals surface area contributed by atoms with Gasteiger partial charge in [-0.15, -0.1) is 11.3 Å². The second-order valence-electron chi connectivity index (χ2n) is 4.70. The largest absolute Gasteiger partial charge is 0.481 e. The molecule has 0 saturated heterocycles. The smallest absolute Gasteiger partial charge is 0.315 e. The number of nitrogens with zero attached hydrogens (tertiary/aromatic N) is 1. The maximum absolute atomic E-state index is 11.8. The lowest BCUT2D eigenvalue weighted by Gasteiger charge is -2.15. The summed E-state index contributed by atoms with van der Waals surface area (Å²) in [7, 11) is 0. The number of rotatable bonds is 6. The molecule has 3 N–H and O–H groups in total. The summed E-state index contributed by atoms with van der Waals surface area (Å²) < 4.78 is 0. The van der Waals surface area contributed by atoms with Crippen LogP contribution in [0.15, 0.2) is 0 Å². The molecule has 0 aromatic carbocycles. The number of nitrogens with one attached hydrogen (secondary N) is 2. The van der Waals surface area contributed by atoms with Crippen LogP contribution in [0.3, 0.4) is 0 Å². The normalized spacial score (nSPS) is 13.6. The van der Waals surface area contributed by atoms with Crippen molar-refractivity contribution >= 4 is 23.3 Å². The van der Waals surface area contributed by atoms with E-state index in [1.54, 1.807) is 18.3 Å². The van der Waals surface area contributed by atoms with Crippen LogP contribution in [0.2, 0.25) is 0 Å². The quantitative estimate of drug-likeness (QED) is 0.751. The Bertz CT molecular complexity index is 487. The highest BCUT2D eigenvalue weighted by Crippen LogP contribution is 2.24. The first kappa shape index (κ1) is 16.4. The van der Waals surface area contributed by atoms with E-state index in [1.807, 2.05) is 20.8 Å². The zero-order chi connectivity index (χ0) is 15.3. The van der Waals surface area contributed by atoms with Gasteiger partial charge in [0.2, 0.25) is 0 Å². The lowest BCUT2D eigenvalue weighted by Crippen LogP contribution is -2.40. The monoisotopic (exact) mass is 299 g/mol. The van der Waals surface area contributed by atoms with Crippen LogP contribution in [0.1, 0.15) is 41.9 Å². The molecule has 1 aromatic heterocycles. The van der Waals surface area contributed by atoms with Crippen molar-refractivity contribution in [1.82, 2.24) is 15.6 Å². The third-order valence-electron chi connectivity index (χ3n) is 3.03. The highest BCUT2D eigenvalue weighted by molar-refractivity contribution is 7.11. The average molecular weight is 299 g/mol. The fourth-order valence-corrected chi connectivity index (χ4v) is 2.81. The van der Waals surface area contributed by atoms with E-state index in [0.717, 1.165) is 15.6 Å². The van der Waals surface area contributed by atoms with Gasteiger partial charge in [-0.25, -0.2) is 9.78 Å². The van der Waals surface area contributed by atoms with Crippen LogP contribution in [-0.4, -0.2) is 28.6 Å². The van der Waals surface area contributed by atoms with E-state index in [0.29, 0.717) is 6.42 Å². The molecule has 0 radical (unpaired) electrons. The third-order valence-corrected chi connectivity index (χ3v) is 4.29. The number of carbonyl (C=O) groups excluding carboxylic acids is 1. The van der Waals surface area contributed by atoms with Gasteiger partial charge in [0, 0.05) is 11.4 Å². The van der Waals surface area contributed by atoms with Gasteiger partial charge in [0.05, 0.1) is 22.7 Å². The zero-order valence-electron chi connectivity index (χ0n) is 12.2. The number of carboxylic acids is 1. The van der Waals surface area contributed by atoms with Crippen molar-refractivity contribution in [3.63, 3.8) is 0 Å². The van der Waals surface area contributed by atoms with E-state index in [4.69, 9.17) is 5.11 Å². The van der Waals surface area contributed by atoms with Gasteiger partial charge in [0.25, 0.3) is 0 Å². The Morgan fingerprint density at radius 2 is 2.05 bits per heavy atom. The van der Waals surface area contributed by atoms with E-state index < -0.39 is 11.9 Å². The zero-order valence-corrected chi connectivity index (χ0v) is 13.0. The van der Waals surface area contributed by atoms with E-state index in [2.05, 4.69) is 15.6 Å². The van der Waals surface area contributed by atoms with E-state index in [1.165, 1.54) is 0 Å². The lowest BCUT2D eigenvalue weighted by molar-refractivity contribution is -0.141. The second-order valence-corrected chi connectivity index (χ2v) is 5.94. The Morgan fingerprint density at radius 1 is 1.40 bits per heavy atom. The predicted octanol–water partition coefficient (Wildman–Crippen LogP) is 2.23. The van der Waals surface area contributed by atoms with E-state index in [-0.39, 0.29) is 18.6 Å². The molecule has 1 rings (SSSR count). The molecular weight excluding hydrogens is 278 g/mol. The van der Waals surface area contributed by atoms with Crippen LogP contribution in [-0.2, 0) is 4.79 Å². The van der Waals surface area contributed by atoms with E-state index in [9.17, 15) is 9.59 Å². The fourth-order valence-electron chi connectivity index (χ4n) is 1.88. The first-order valence-electron chi connectivity index (χ1n) is 6.56. The molecule has 7 heteroatoms. The number of aryl methyl sites for hydroxylation is 2. The van der Waals surface area contributed by atoms with Gasteiger partial charge in [-0.05, 0) is 27.2 Å². The molecule has 112 valence electrons. The van der Waals surface area contributed by atoms with Crippen molar-refractivity contribution < 1.29 is 14.7 Å². The molecule has 6 nitrogen and oxygen atoms in total. The summed E-state index contributed by atoms with van der Waals surface area (Å²) in [5, 5.41) is 15.3. The molecule has 2 atom stereocenters. The second kappa shape index (κ2) is 7.23. The average Bonchev–Trinajstić information content (AvgIpc) is 2.68. The van der Waals surface area contributed by atoms with Gasteiger partial charge in [0.15, 0.2) is 0 Å². The summed E-state index contributed by atoms with van der Waals surface area (Å²) in [4.78, 5) is 27.9. The number of hydrogen-bond donors (Lipinski definition) is 3. The molecule has 0 bridgehead atoms. The molecule has 20 heavy (non-hydrogen) atoms. The highest BCUT2D eigenvalue weighted by Gasteiger charge is 2.18. The number of amides is 2. The van der Waals surface area contributed by atoms with Gasteiger partial charge in [-0.2, -0.15) is 0 Å². The van der Waals surface area contributed by atoms with Crippen LogP contribution in [0.4, 0.5) is 4.79 Å². The Morgan fingerprint density at radius 3 is 2.50 bits per heavy atom. The molecule has 1 aromatic rings. The molecule has 0 spiro atoms. The molecular formula is C13H21N3O3S. The van der Waals surface area contributed by atoms with Gasteiger partial charge in [-0.1, -0.05) is 6.92 Å². The topological polar surface area (TPSA) is 91.3 Å². The minimum Gasteiger partial charge on any atom is -0.481 e. The summed E-state index contributed by atoms with van der Waals surface area (Å²) in [6.45, 7) is 7.63.